The number of nitrogens with one attached hydrogen (secondary N) is 2. The molecular formula is C35H42GdN5O13-2. The Hall–Kier alpha value is -4.11. The molecule has 54 heavy (non-hydrogen) atoms. The standard InChI is InChI=1S/C35H47N5O13.Gd/c1-23(41)6-5-9-29(36-2)35(52)37-28-8-4-3-7-27(28)24-10-12-26(13-11-24)53-22-25(40(20-33(48)49)21-34(50)51)16-38(17-30(42)43)14-15-39(18-31(44)45)19-32(46)47;/h3-4,7-8,10-13,25,29,36H,5-6,9,14-22H2,1-2H3,(H,37,52)(H,42,43)(H,44,45)(H,46,47)(H,48,49)(H,50,51);/q;+3/p-5. The molecule has 0 bridgehead atoms. The number of carbonyl (C=O) groups excluding carboxylic acids is 7. The van der Waals surface area contributed by atoms with E-state index in [2.05, 4.69) is 10.6 Å². The number of amides is 1. The number of ketones is 1. The van der Waals surface area contributed by atoms with Crippen molar-refractivity contribution in [3.63, 3.8) is 0 Å². The van der Waals surface area contributed by atoms with E-state index in [1.807, 2.05) is 0 Å². The summed E-state index contributed by atoms with van der Waals surface area (Å²) < 4.78 is 5.89. The molecule has 2 rings (SSSR count). The van der Waals surface area contributed by atoms with E-state index in [1.165, 1.54) is 11.8 Å². The Labute approximate surface area is 344 Å². The number of anilines is 1. The fraction of sp³-hybridized carbons (Fsp3) is 0.457. The zero-order valence-electron chi connectivity index (χ0n) is 29.8. The van der Waals surface area contributed by atoms with Gasteiger partial charge in [0, 0.05) is 70.0 Å². The molecular weight excluding hydrogens is 856 g/mol. The number of aliphatic carboxylic acids is 5. The number of nitrogens with zero attached hydrogens (tertiary/aromatic N) is 3. The summed E-state index contributed by atoms with van der Waals surface area (Å²) in [4.78, 5) is 84.2. The minimum Gasteiger partial charge on any atom is -0.549 e. The molecule has 2 aromatic carbocycles. The summed E-state index contributed by atoms with van der Waals surface area (Å²) in [7, 11) is 1.65. The number of ether oxygens (including phenoxy) is 1. The molecule has 1 radical (unpaired) electrons. The minimum absolute atomic E-state index is 0. The molecule has 0 aliphatic heterocycles. The first kappa shape index (κ1) is 47.9. The Bertz CT molecular complexity index is 1540. The van der Waals surface area contributed by atoms with Gasteiger partial charge in [-0.2, -0.15) is 0 Å². The first-order chi connectivity index (χ1) is 25.1. The molecule has 2 N–H and O–H groups in total. The normalized spacial score (nSPS) is 12.1. The molecule has 19 heteroatoms. The second-order valence-corrected chi connectivity index (χ2v) is 12.2. The van der Waals surface area contributed by atoms with Crippen molar-refractivity contribution in [3.05, 3.63) is 48.5 Å². The van der Waals surface area contributed by atoms with Crippen LogP contribution in [0.1, 0.15) is 26.2 Å². The van der Waals surface area contributed by atoms with Crippen LogP contribution in [0.25, 0.3) is 11.1 Å². The second-order valence-electron chi connectivity index (χ2n) is 12.2. The fourth-order valence-electron chi connectivity index (χ4n) is 5.45. The molecule has 0 heterocycles. The summed E-state index contributed by atoms with van der Waals surface area (Å²) in [6, 6.07) is 11.9. The Balaban J connectivity index is 0.0000146. The molecule has 0 aliphatic carbocycles. The number of carbonyl (C=O) groups is 7. The second kappa shape index (κ2) is 25.1. The van der Waals surface area contributed by atoms with Crippen molar-refractivity contribution in [1.82, 2.24) is 20.0 Å². The Kier molecular flexibility index (Phi) is 22.2. The summed E-state index contributed by atoms with van der Waals surface area (Å²) >= 11 is 0. The fourth-order valence-corrected chi connectivity index (χ4v) is 5.45. The molecule has 2 unspecified atom stereocenters. The van der Waals surface area contributed by atoms with Gasteiger partial charge in [0.2, 0.25) is 5.91 Å². The predicted octanol–water partition coefficient (Wildman–Crippen LogP) is -5.96. The molecule has 0 aromatic heterocycles. The van der Waals surface area contributed by atoms with Crippen molar-refractivity contribution in [3.8, 4) is 16.9 Å². The number of hydrogen-bond acceptors (Lipinski definition) is 17. The Morgan fingerprint density at radius 3 is 1.76 bits per heavy atom. The van der Waals surface area contributed by atoms with Crippen LogP contribution in [0.5, 0.6) is 5.75 Å². The van der Waals surface area contributed by atoms with Crippen molar-refractivity contribution in [2.45, 2.75) is 38.3 Å². The first-order valence-electron chi connectivity index (χ1n) is 16.6. The number of likely N-dealkylation sites (N-methyl/N-ethyl adjacent to an activating group) is 1. The van der Waals surface area contributed by atoms with Gasteiger partial charge in [-0.05, 0) is 50.6 Å². The van der Waals surface area contributed by atoms with Crippen LogP contribution in [-0.4, -0.2) is 134 Å². The Morgan fingerprint density at radius 1 is 0.722 bits per heavy atom. The number of carboxylic acids is 5. The van der Waals surface area contributed by atoms with Gasteiger partial charge < -0.3 is 69.7 Å². The number of hydrogen-bond donors (Lipinski definition) is 2. The average Bonchev–Trinajstić information content (AvgIpc) is 3.06. The maximum atomic E-state index is 13.0. The van der Waals surface area contributed by atoms with E-state index in [9.17, 15) is 59.1 Å². The minimum atomic E-state index is -1.65. The van der Waals surface area contributed by atoms with Gasteiger partial charge in [0.15, 0.2) is 0 Å². The van der Waals surface area contributed by atoms with Crippen molar-refractivity contribution < 1.29 is 104 Å². The molecule has 0 spiro atoms. The summed E-state index contributed by atoms with van der Waals surface area (Å²) in [5, 5.41) is 62.7. The van der Waals surface area contributed by atoms with Crippen LogP contribution >= 0.6 is 0 Å². The molecule has 1 amide bonds. The Morgan fingerprint density at radius 2 is 1.24 bits per heavy atom. The van der Waals surface area contributed by atoms with Crippen LogP contribution in [-0.2, 0) is 33.6 Å². The van der Waals surface area contributed by atoms with Crippen molar-refractivity contribution in [1.29, 1.82) is 0 Å². The zero-order chi connectivity index (χ0) is 39.5. The van der Waals surface area contributed by atoms with Crippen LogP contribution in [0.15, 0.2) is 48.5 Å². The summed E-state index contributed by atoms with van der Waals surface area (Å²) in [6.45, 7) is -4.04. The van der Waals surface area contributed by atoms with E-state index in [4.69, 9.17) is 4.74 Å². The zero-order valence-corrected chi connectivity index (χ0v) is 32.0. The van der Waals surface area contributed by atoms with Crippen LogP contribution < -0.4 is 40.9 Å². The third kappa shape index (κ3) is 18.8. The van der Waals surface area contributed by atoms with Gasteiger partial charge in [-0.15, -0.1) is 0 Å². The summed E-state index contributed by atoms with van der Waals surface area (Å²) in [6.07, 6.45) is 1.35. The van der Waals surface area contributed by atoms with Gasteiger partial charge in [0.05, 0.1) is 41.9 Å². The quantitative estimate of drug-likeness (QED) is 0.0845. The van der Waals surface area contributed by atoms with Gasteiger partial charge in [-0.3, -0.25) is 19.5 Å². The van der Waals surface area contributed by atoms with Crippen LogP contribution in [0.4, 0.5) is 5.69 Å². The van der Waals surface area contributed by atoms with Gasteiger partial charge in [-0.1, -0.05) is 30.3 Å². The maximum absolute atomic E-state index is 13.0. The first-order valence-corrected chi connectivity index (χ1v) is 16.6. The summed E-state index contributed by atoms with van der Waals surface area (Å²) in [5.41, 5.74) is 1.86. The van der Waals surface area contributed by atoms with E-state index >= 15 is 0 Å². The smallest absolute Gasteiger partial charge is 0.549 e. The number of rotatable bonds is 27. The third-order valence-corrected chi connectivity index (χ3v) is 7.92. The van der Waals surface area contributed by atoms with Gasteiger partial charge in [-0.25, -0.2) is 0 Å². The largest absolute Gasteiger partial charge is 3.00 e. The SMILES string of the molecule is CNC(CCCC(C)=O)C(=O)Nc1ccccc1-c1ccc(OCC(CN(CCN(CC(=O)[O-])CC(=O)[O-])CC(=O)[O-])N(CC(=O)[O-])CC(=O)[O-])cc1.[Gd+3]. The number of carboxylic acid groups (broad SMARTS) is 5. The molecule has 295 valence electrons. The van der Waals surface area contributed by atoms with E-state index in [0.29, 0.717) is 36.1 Å². The monoisotopic (exact) mass is 898 g/mol. The van der Waals surface area contributed by atoms with E-state index in [-0.39, 0.29) is 83.6 Å². The van der Waals surface area contributed by atoms with Gasteiger partial charge in [0.1, 0.15) is 18.1 Å². The molecule has 0 saturated carbocycles. The van der Waals surface area contributed by atoms with Crippen LogP contribution in [0, 0.1) is 39.9 Å². The van der Waals surface area contributed by atoms with Gasteiger partial charge >= 0.3 is 39.9 Å². The van der Waals surface area contributed by atoms with E-state index in [1.54, 1.807) is 55.6 Å². The molecule has 0 saturated heterocycles. The topological polar surface area (TPSA) is 278 Å². The van der Waals surface area contributed by atoms with Crippen molar-refractivity contribution in [2.24, 2.45) is 0 Å². The molecule has 2 aromatic rings. The average molecular weight is 898 g/mol. The van der Waals surface area contributed by atoms with Crippen LogP contribution in [0.3, 0.4) is 0 Å². The number of para-hydroxylation sites is 1. The molecule has 0 fully saturated rings. The van der Waals surface area contributed by atoms with Crippen molar-refractivity contribution >= 4 is 47.2 Å². The van der Waals surface area contributed by atoms with Crippen molar-refractivity contribution in [2.75, 3.05) is 71.3 Å². The number of Topliss-reactive ketones (excluding diaryl/α,β-unsaturated/α-hetero) is 1. The summed E-state index contributed by atoms with van der Waals surface area (Å²) in [5.74, 6) is -8.08. The molecule has 0 aliphatic rings. The number of benzene rings is 2. The predicted molar refractivity (Wildman–Crippen MR) is 177 cm³/mol. The third-order valence-electron chi connectivity index (χ3n) is 7.92. The maximum Gasteiger partial charge on any atom is 3.00 e. The van der Waals surface area contributed by atoms with E-state index in [0.717, 1.165) is 9.80 Å². The van der Waals surface area contributed by atoms with Gasteiger partial charge in [0.25, 0.3) is 0 Å². The molecule has 18 nitrogen and oxygen atoms in total. The van der Waals surface area contributed by atoms with E-state index < -0.39 is 74.7 Å². The van der Waals surface area contributed by atoms with Crippen LogP contribution in [0.2, 0.25) is 0 Å². The molecule has 2 atom stereocenters.